The monoisotopic (exact) mass is 573 g/mol. The Kier molecular flexibility index (Phi) is 7.63. The Morgan fingerprint density at radius 2 is 1.69 bits per heavy atom. The second kappa shape index (κ2) is 10.7. The van der Waals surface area contributed by atoms with Crippen molar-refractivity contribution in [1.29, 1.82) is 0 Å². The van der Waals surface area contributed by atoms with E-state index in [0.29, 0.717) is 5.56 Å². The van der Waals surface area contributed by atoms with Gasteiger partial charge in [0.25, 0.3) is 11.1 Å². The van der Waals surface area contributed by atoms with Gasteiger partial charge in [0.05, 0.1) is 18.1 Å². The van der Waals surface area contributed by atoms with Crippen molar-refractivity contribution in [3.05, 3.63) is 93.3 Å². The number of hydrogen-bond acceptors (Lipinski definition) is 7. The van der Waals surface area contributed by atoms with Gasteiger partial charge in [0, 0.05) is 4.47 Å². The van der Waals surface area contributed by atoms with Gasteiger partial charge >= 0.3 is 10.1 Å². The van der Waals surface area contributed by atoms with Gasteiger partial charge in [-0.2, -0.15) is 8.42 Å². The lowest BCUT2D eigenvalue weighted by Crippen LogP contribution is -2.27. The summed E-state index contributed by atoms with van der Waals surface area (Å²) in [7, 11) is -4.05. The Bertz CT molecular complexity index is 1390. The number of rotatable bonds is 8. The summed E-state index contributed by atoms with van der Waals surface area (Å²) in [6.07, 6.45) is 1.57. The fraction of sp³-hybridized carbons (Fsp3) is 0.120. The molecule has 7 nitrogen and oxygen atoms in total. The minimum atomic E-state index is -4.05. The molecular formula is C25H20BrNO6S2. The smallest absolute Gasteiger partial charge is 0.339 e. The van der Waals surface area contributed by atoms with Crippen LogP contribution in [0.25, 0.3) is 6.08 Å². The molecule has 0 aromatic heterocycles. The van der Waals surface area contributed by atoms with Crippen molar-refractivity contribution in [2.24, 2.45) is 0 Å². The summed E-state index contributed by atoms with van der Waals surface area (Å²) in [4.78, 5) is 26.8. The van der Waals surface area contributed by atoms with E-state index in [-0.39, 0.29) is 39.7 Å². The minimum Gasteiger partial charge on any atom is -0.490 e. The zero-order valence-corrected chi connectivity index (χ0v) is 21.7. The maximum Gasteiger partial charge on any atom is 0.339 e. The first-order valence-electron chi connectivity index (χ1n) is 10.5. The number of carbonyl (C=O) groups is 2. The summed E-state index contributed by atoms with van der Waals surface area (Å²) in [5.41, 5.74) is 1.39. The number of carbonyl (C=O) groups excluding carboxylic acids is 2. The van der Waals surface area contributed by atoms with Crippen molar-refractivity contribution < 1.29 is 26.9 Å². The Hall–Kier alpha value is -3.08. The molecule has 0 radical (unpaired) electrons. The van der Waals surface area contributed by atoms with Crippen LogP contribution in [0.3, 0.4) is 0 Å². The third-order valence-electron chi connectivity index (χ3n) is 4.92. The molecule has 0 N–H and O–H groups in total. The van der Waals surface area contributed by atoms with Crippen LogP contribution >= 0.6 is 27.7 Å². The summed E-state index contributed by atoms with van der Waals surface area (Å²) in [5, 5.41) is -0.358. The molecule has 0 bridgehead atoms. The third-order valence-corrected chi connectivity index (χ3v) is 7.61. The first-order valence-corrected chi connectivity index (χ1v) is 13.5. The second-order valence-electron chi connectivity index (χ2n) is 7.38. The van der Waals surface area contributed by atoms with E-state index in [2.05, 4.69) is 15.9 Å². The summed E-state index contributed by atoms with van der Waals surface area (Å²) >= 11 is 4.22. The topological polar surface area (TPSA) is 90.0 Å². The summed E-state index contributed by atoms with van der Waals surface area (Å²) < 4.78 is 37.1. The lowest BCUT2D eigenvalue weighted by Gasteiger charge is -2.13. The van der Waals surface area contributed by atoms with Crippen molar-refractivity contribution >= 4 is 55.0 Å². The van der Waals surface area contributed by atoms with Crippen LogP contribution in [0, 0.1) is 0 Å². The average molecular weight is 574 g/mol. The van der Waals surface area contributed by atoms with Gasteiger partial charge in [-0.3, -0.25) is 14.5 Å². The molecule has 0 unspecified atom stereocenters. The van der Waals surface area contributed by atoms with Crippen LogP contribution in [0.1, 0.15) is 18.1 Å². The molecular weight excluding hydrogens is 554 g/mol. The van der Waals surface area contributed by atoms with Gasteiger partial charge in [-0.15, -0.1) is 0 Å². The van der Waals surface area contributed by atoms with E-state index in [0.717, 1.165) is 21.8 Å². The zero-order chi connectivity index (χ0) is 25.0. The SMILES string of the molecule is CCOc1cc(/C=C2\SC(=O)N(Cc3ccc(Br)cc3)C2=O)ccc1OS(=O)(=O)c1ccccc1. The van der Waals surface area contributed by atoms with Gasteiger partial charge < -0.3 is 8.92 Å². The van der Waals surface area contributed by atoms with Gasteiger partial charge in [0.2, 0.25) is 0 Å². The molecule has 0 atom stereocenters. The van der Waals surface area contributed by atoms with Gasteiger partial charge in [0.15, 0.2) is 11.5 Å². The van der Waals surface area contributed by atoms with E-state index >= 15 is 0 Å². The molecule has 3 aromatic carbocycles. The van der Waals surface area contributed by atoms with Crippen LogP contribution in [-0.2, 0) is 21.5 Å². The molecule has 1 aliphatic rings. The molecule has 1 aliphatic heterocycles. The highest BCUT2D eigenvalue weighted by Crippen LogP contribution is 2.36. The van der Waals surface area contributed by atoms with Crippen LogP contribution in [-0.4, -0.2) is 31.1 Å². The predicted octanol–water partition coefficient (Wildman–Crippen LogP) is 5.85. The molecule has 0 saturated carbocycles. The largest absolute Gasteiger partial charge is 0.490 e. The normalized spacial score (nSPS) is 15.0. The number of imide groups is 1. The van der Waals surface area contributed by atoms with Gasteiger partial charge in [-0.05, 0) is 72.3 Å². The third kappa shape index (κ3) is 5.95. The van der Waals surface area contributed by atoms with E-state index < -0.39 is 16.0 Å². The van der Waals surface area contributed by atoms with E-state index in [9.17, 15) is 18.0 Å². The quantitative estimate of drug-likeness (QED) is 0.246. The highest BCUT2D eigenvalue weighted by Gasteiger charge is 2.35. The first kappa shape index (κ1) is 25.0. The standard InChI is InChI=1S/C25H20BrNO6S2/c1-2-32-22-14-18(10-13-21(22)33-35(30,31)20-6-4-3-5-7-20)15-23-24(28)27(25(29)34-23)16-17-8-11-19(26)12-9-17/h3-15H,2,16H2,1H3/b23-15-. The maximum absolute atomic E-state index is 12.9. The number of benzene rings is 3. The van der Waals surface area contributed by atoms with E-state index in [1.165, 1.54) is 23.1 Å². The van der Waals surface area contributed by atoms with Gasteiger partial charge in [-0.25, -0.2) is 0 Å². The number of amides is 2. The van der Waals surface area contributed by atoms with Crippen LogP contribution < -0.4 is 8.92 Å². The molecule has 1 heterocycles. The molecule has 35 heavy (non-hydrogen) atoms. The number of thioether (sulfide) groups is 1. The Morgan fingerprint density at radius 1 is 0.971 bits per heavy atom. The number of ether oxygens (including phenoxy) is 1. The van der Waals surface area contributed by atoms with Gasteiger partial charge in [-0.1, -0.05) is 52.3 Å². The summed E-state index contributed by atoms with van der Waals surface area (Å²) in [5.74, 6) is -0.168. The van der Waals surface area contributed by atoms with E-state index in [1.54, 1.807) is 43.3 Å². The molecule has 1 saturated heterocycles. The van der Waals surface area contributed by atoms with E-state index in [1.807, 2.05) is 24.3 Å². The lowest BCUT2D eigenvalue weighted by molar-refractivity contribution is -0.123. The maximum atomic E-state index is 12.9. The van der Waals surface area contributed by atoms with Crippen LogP contribution in [0.15, 0.2) is 87.1 Å². The van der Waals surface area contributed by atoms with Crippen molar-refractivity contribution in [2.45, 2.75) is 18.4 Å². The fourth-order valence-corrected chi connectivity index (χ4v) is 5.33. The van der Waals surface area contributed by atoms with Crippen molar-refractivity contribution in [2.75, 3.05) is 6.61 Å². The molecule has 1 fully saturated rings. The zero-order valence-electron chi connectivity index (χ0n) is 18.5. The molecule has 10 heteroatoms. The van der Waals surface area contributed by atoms with Gasteiger partial charge in [0.1, 0.15) is 4.90 Å². The highest BCUT2D eigenvalue weighted by atomic mass is 79.9. The molecule has 0 aliphatic carbocycles. The Balaban J connectivity index is 1.56. The predicted molar refractivity (Wildman–Crippen MR) is 138 cm³/mol. The summed E-state index contributed by atoms with van der Waals surface area (Å²) in [6.45, 7) is 2.20. The average Bonchev–Trinajstić information content (AvgIpc) is 3.10. The molecule has 2 amide bonds. The van der Waals surface area contributed by atoms with Crippen molar-refractivity contribution in [3.8, 4) is 11.5 Å². The lowest BCUT2D eigenvalue weighted by atomic mass is 10.1. The van der Waals surface area contributed by atoms with Crippen LogP contribution in [0.5, 0.6) is 11.5 Å². The molecule has 0 spiro atoms. The Morgan fingerprint density at radius 3 is 2.37 bits per heavy atom. The Labute approximate surface area is 216 Å². The van der Waals surface area contributed by atoms with E-state index in [4.69, 9.17) is 8.92 Å². The second-order valence-corrected chi connectivity index (χ2v) is 10.8. The van der Waals surface area contributed by atoms with Crippen molar-refractivity contribution in [3.63, 3.8) is 0 Å². The minimum absolute atomic E-state index is 0.0194. The molecule has 180 valence electrons. The number of nitrogens with zero attached hydrogens (tertiary/aromatic N) is 1. The van der Waals surface area contributed by atoms with Crippen molar-refractivity contribution in [1.82, 2.24) is 4.90 Å². The van der Waals surface area contributed by atoms with Crippen LogP contribution in [0.2, 0.25) is 0 Å². The first-order chi connectivity index (χ1) is 16.8. The molecule has 4 rings (SSSR count). The number of hydrogen-bond donors (Lipinski definition) is 0. The summed E-state index contributed by atoms with van der Waals surface area (Å²) in [6, 6.07) is 19.8. The highest BCUT2D eigenvalue weighted by molar-refractivity contribution is 9.10. The fourth-order valence-electron chi connectivity index (χ4n) is 3.27. The van der Waals surface area contributed by atoms with Crippen LogP contribution in [0.4, 0.5) is 4.79 Å². The number of halogens is 1. The molecule has 3 aromatic rings.